The molecule has 0 aliphatic carbocycles. The summed E-state index contributed by atoms with van der Waals surface area (Å²) in [6.07, 6.45) is 5.22. The number of likely N-dealkylation sites (tertiary alicyclic amines) is 1. The van der Waals surface area contributed by atoms with E-state index in [9.17, 15) is 19.2 Å². The molecule has 10 nitrogen and oxygen atoms in total. The number of benzene rings is 1. The third-order valence-electron chi connectivity index (χ3n) is 7.44. The van der Waals surface area contributed by atoms with E-state index in [1.54, 1.807) is 11.0 Å². The summed E-state index contributed by atoms with van der Waals surface area (Å²) in [5, 5.41) is 2.69. The van der Waals surface area contributed by atoms with Gasteiger partial charge in [0.2, 0.25) is 5.91 Å². The van der Waals surface area contributed by atoms with Crippen LogP contribution in [0, 0.1) is 5.41 Å². The van der Waals surface area contributed by atoms with E-state index in [2.05, 4.69) is 18.5 Å². The number of hydrogen-bond donors (Lipinski definition) is 1. The summed E-state index contributed by atoms with van der Waals surface area (Å²) in [5.74, 6) is -1.09. The number of unbranched alkanes of at least 4 members (excludes halogenated alkanes) is 3. The van der Waals surface area contributed by atoms with Crippen molar-refractivity contribution in [3.8, 4) is 0 Å². The number of nitrogens with one attached hydrogen (secondary N) is 1. The molecule has 0 saturated carbocycles. The second kappa shape index (κ2) is 14.2. The van der Waals surface area contributed by atoms with Crippen LogP contribution in [0.3, 0.4) is 0 Å². The number of alkyl carbamates (subject to hydrolysis) is 1. The van der Waals surface area contributed by atoms with Gasteiger partial charge in [-0.2, -0.15) is 0 Å². The fraction of sp³-hybridized carbons (Fsp3) is 0.548. The minimum atomic E-state index is -0.984. The molecule has 1 fully saturated rings. The van der Waals surface area contributed by atoms with Crippen LogP contribution >= 0.6 is 0 Å². The number of amides is 3. The van der Waals surface area contributed by atoms with Gasteiger partial charge in [-0.05, 0) is 47.8 Å². The molecule has 0 radical (unpaired) electrons. The Labute approximate surface area is 242 Å². The highest BCUT2D eigenvalue weighted by atomic mass is 16.6. The summed E-state index contributed by atoms with van der Waals surface area (Å²) in [4.78, 5) is 55.1. The zero-order valence-electron chi connectivity index (χ0n) is 24.6. The third kappa shape index (κ3) is 8.11. The van der Waals surface area contributed by atoms with Crippen molar-refractivity contribution in [3.05, 3.63) is 54.1 Å². The predicted molar refractivity (Wildman–Crippen MR) is 155 cm³/mol. The van der Waals surface area contributed by atoms with Crippen LogP contribution in [-0.4, -0.2) is 72.3 Å². The Morgan fingerprint density at radius 3 is 2.54 bits per heavy atom. The van der Waals surface area contributed by atoms with Crippen molar-refractivity contribution in [2.24, 2.45) is 5.41 Å². The van der Waals surface area contributed by atoms with Gasteiger partial charge >= 0.3 is 18.2 Å². The van der Waals surface area contributed by atoms with E-state index in [1.807, 2.05) is 45.0 Å². The lowest BCUT2D eigenvalue weighted by Crippen LogP contribution is -2.57. The molecule has 0 spiro atoms. The molecular weight excluding hydrogens is 526 g/mol. The molecular formula is C31H43N3O7. The van der Waals surface area contributed by atoms with Gasteiger partial charge in [-0.1, -0.05) is 57.7 Å². The number of fused-ring (bicyclic) bond motifs is 1. The first-order valence-electron chi connectivity index (χ1n) is 14.1. The molecule has 3 amide bonds. The SMILES string of the molecule is C=CCCCCCOC(=O)N[C@H](C(=O)N1C[C@H](OC(=O)N2Cc3cccc(C=C)c3C2)C[C@H]1C(=O)OC)C(C)(C)C. The van der Waals surface area contributed by atoms with Crippen molar-refractivity contribution < 1.29 is 33.4 Å². The molecule has 224 valence electrons. The van der Waals surface area contributed by atoms with Crippen molar-refractivity contribution in [1.82, 2.24) is 15.1 Å². The standard InChI is InChI=1S/C31H43N3O7/c1-7-9-10-11-12-16-40-29(37)32-26(31(3,4)5)27(35)34-19-23(17-25(34)28(36)39-6)41-30(38)33-18-22-15-13-14-21(8-2)24(22)20-33/h7-8,13-15,23,25-26H,1-2,9-12,16-20H2,3-6H3,(H,32,37)/t23-,25+,26-/m1/s1. The Kier molecular flexibility index (Phi) is 11.0. The molecule has 1 aromatic rings. The Bertz CT molecular complexity index is 1140. The van der Waals surface area contributed by atoms with Crippen LogP contribution in [0.5, 0.6) is 0 Å². The lowest BCUT2D eigenvalue weighted by Gasteiger charge is -2.34. The second-order valence-electron chi connectivity index (χ2n) is 11.5. The maximum absolute atomic E-state index is 13.8. The van der Waals surface area contributed by atoms with Crippen LogP contribution in [-0.2, 0) is 36.9 Å². The molecule has 0 aromatic heterocycles. The maximum atomic E-state index is 13.8. The van der Waals surface area contributed by atoms with Gasteiger partial charge in [0.25, 0.3) is 0 Å². The van der Waals surface area contributed by atoms with Gasteiger partial charge < -0.3 is 24.4 Å². The summed E-state index contributed by atoms with van der Waals surface area (Å²) >= 11 is 0. The van der Waals surface area contributed by atoms with Gasteiger partial charge in [0.1, 0.15) is 18.2 Å². The van der Waals surface area contributed by atoms with E-state index in [0.29, 0.717) is 19.5 Å². The number of ether oxygens (including phenoxy) is 3. The molecule has 2 heterocycles. The summed E-state index contributed by atoms with van der Waals surface area (Å²) in [6.45, 7) is 14.0. The van der Waals surface area contributed by atoms with Gasteiger partial charge in [-0.3, -0.25) is 9.69 Å². The summed E-state index contributed by atoms with van der Waals surface area (Å²) in [6, 6.07) is 3.89. The molecule has 1 aromatic carbocycles. The molecule has 3 rings (SSSR count). The Morgan fingerprint density at radius 2 is 1.88 bits per heavy atom. The van der Waals surface area contributed by atoms with Crippen molar-refractivity contribution in [1.29, 1.82) is 0 Å². The van der Waals surface area contributed by atoms with E-state index in [0.717, 1.165) is 36.0 Å². The first-order valence-corrected chi connectivity index (χ1v) is 14.1. The number of methoxy groups -OCH3 is 1. The molecule has 2 aliphatic rings. The highest BCUT2D eigenvalue weighted by Crippen LogP contribution is 2.30. The first kappa shape index (κ1) is 31.7. The zero-order valence-corrected chi connectivity index (χ0v) is 24.6. The summed E-state index contributed by atoms with van der Waals surface area (Å²) in [5.41, 5.74) is 2.32. The number of carbonyl (C=O) groups excluding carboxylic acids is 4. The lowest BCUT2D eigenvalue weighted by atomic mass is 9.85. The minimum absolute atomic E-state index is 0.00432. The van der Waals surface area contributed by atoms with Crippen LogP contribution in [0.15, 0.2) is 37.4 Å². The number of carbonyl (C=O) groups is 4. The molecule has 1 saturated heterocycles. The highest BCUT2D eigenvalue weighted by molar-refractivity contribution is 5.91. The van der Waals surface area contributed by atoms with Gasteiger partial charge in [0.15, 0.2) is 0 Å². The Hall–Kier alpha value is -3.82. The predicted octanol–water partition coefficient (Wildman–Crippen LogP) is 4.81. The summed E-state index contributed by atoms with van der Waals surface area (Å²) < 4.78 is 16.1. The van der Waals surface area contributed by atoms with Gasteiger partial charge in [-0.25, -0.2) is 14.4 Å². The molecule has 0 unspecified atom stereocenters. The molecule has 41 heavy (non-hydrogen) atoms. The van der Waals surface area contributed by atoms with E-state index >= 15 is 0 Å². The van der Waals surface area contributed by atoms with Crippen molar-refractivity contribution in [2.45, 2.75) is 84.2 Å². The number of nitrogens with zero attached hydrogens (tertiary/aromatic N) is 2. The first-order chi connectivity index (χ1) is 19.5. The van der Waals surface area contributed by atoms with Crippen LogP contribution < -0.4 is 5.32 Å². The smallest absolute Gasteiger partial charge is 0.410 e. The fourth-order valence-electron chi connectivity index (χ4n) is 5.18. The van der Waals surface area contributed by atoms with Crippen molar-refractivity contribution in [3.63, 3.8) is 0 Å². The lowest BCUT2D eigenvalue weighted by molar-refractivity contribution is -0.152. The van der Waals surface area contributed by atoms with Crippen LogP contribution in [0.4, 0.5) is 9.59 Å². The average molecular weight is 570 g/mol. The molecule has 1 N–H and O–H groups in total. The quantitative estimate of drug-likeness (QED) is 0.176. The second-order valence-corrected chi connectivity index (χ2v) is 11.5. The largest absolute Gasteiger partial charge is 0.467 e. The number of hydrogen-bond acceptors (Lipinski definition) is 7. The molecule has 2 aliphatic heterocycles. The van der Waals surface area contributed by atoms with Crippen molar-refractivity contribution >= 4 is 30.1 Å². The highest BCUT2D eigenvalue weighted by Gasteiger charge is 2.47. The van der Waals surface area contributed by atoms with Gasteiger partial charge in [0, 0.05) is 13.0 Å². The van der Waals surface area contributed by atoms with Crippen LogP contribution in [0.1, 0.15) is 69.6 Å². The van der Waals surface area contributed by atoms with Crippen LogP contribution in [0.25, 0.3) is 6.08 Å². The normalized spacial score (nSPS) is 18.7. The minimum Gasteiger partial charge on any atom is -0.467 e. The fourth-order valence-corrected chi connectivity index (χ4v) is 5.18. The number of rotatable bonds is 11. The zero-order chi connectivity index (χ0) is 30.2. The van der Waals surface area contributed by atoms with Gasteiger partial charge in [0.05, 0.1) is 26.8 Å². The molecule has 0 bridgehead atoms. The van der Waals surface area contributed by atoms with Crippen molar-refractivity contribution in [2.75, 3.05) is 20.3 Å². The number of allylic oxidation sites excluding steroid dienone is 1. The third-order valence-corrected chi connectivity index (χ3v) is 7.44. The molecule has 10 heteroatoms. The van der Waals surface area contributed by atoms with Gasteiger partial charge in [-0.15, -0.1) is 6.58 Å². The van der Waals surface area contributed by atoms with E-state index in [1.165, 1.54) is 12.0 Å². The Balaban J connectivity index is 1.65. The van der Waals surface area contributed by atoms with E-state index in [4.69, 9.17) is 14.2 Å². The van der Waals surface area contributed by atoms with E-state index < -0.39 is 47.7 Å². The van der Waals surface area contributed by atoms with Crippen LogP contribution in [0.2, 0.25) is 0 Å². The topological polar surface area (TPSA) is 114 Å². The Morgan fingerprint density at radius 1 is 1.12 bits per heavy atom. The molecule has 3 atom stereocenters. The monoisotopic (exact) mass is 569 g/mol. The van der Waals surface area contributed by atoms with E-state index in [-0.39, 0.29) is 19.6 Å². The average Bonchev–Trinajstić information content (AvgIpc) is 3.57. The maximum Gasteiger partial charge on any atom is 0.410 e. The summed E-state index contributed by atoms with van der Waals surface area (Å²) in [7, 11) is 1.24. The number of esters is 1.